The van der Waals surface area contributed by atoms with Crippen LogP contribution in [0.4, 0.5) is 0 Å². The molecule has 5 rings (SSSR count). The quantitative estimate of drug-likeness (QED) is 0.293. The average Bonchev–Trinajstić information content (AvgIpc) is 2.87. The molecule has 3 atom stereocenters. The number of quaternary nitrogens is 1. The zero-order valence-corrected chi connectivity index (χ0v) is 23.2. The van der Waals surface area contributed by atoms with Crippen molar-refractivity contribution in [2.75, 3.05) is 27.2 Å². The third-order valence-electron chi connectivity index (χ3n) is 8.53. The van der Waals surface area contributed by atoms with Crippen LogP contribution in [-0.2, 0) is 19.7 Å². The number of hydrogen-bond donors (Lipinski definition) is 1. The highest BCUT2D eigenvalue weighted by molar-refractivity contribution is 5.98. The minimum atomic E-state index is -0.750. The van der Waals surface area contributed by atoms with E-state index in [4.69, 9.17) is 9.47 Å². The largest absolute Gasteiger partial charge is 0.452 e. The zero-order chi connectivity index (χ0) is 27.8. The highest BCUT2D eigenvalue weighted by Gasteiger charge is 2.64. The molecule has 1 aliphatic heterocycles. The van der Waals surface area contributed by atoms with Crippen molar-refractivity contribution in [3.05, 3.63) is 77.9 Å². The van der Waals surface area contributed by atoms with Gasteiger partial charge in [-0.05, 0) is 59.9 Å². The van der Waals surface area contributed by atoms with Crippen LogP contribution in [0.25, 0.3) is 10.8 Å². The second-order valence-electron chi connectivity index (χ2n) is 11.8. The smallest absolute Gasteiger partial charge is 0.308 e. The maximum atomic E-state index is 13.4. The fraction of sp³-hybridized carbons (Fsp3) is 0.406. The Balaban J connectivity index is 1.51. The van der Waals surface area contributed by atoms with Gasteiger partial charge >= 0.3 is 11.9 Å². The number of amides is 1. The lowest BCUT2D eigenvalue weighted by Gasteiger charge is -2.60. The minimum absolute atomic E-state index is 0.110. The Morgan fingerprint density at radius 3 is 2.41 bits per heavy atom. The van der Waals surface area contributed by atoms with E-state index in [1.165, 1.54) is 13.8 Å². The van der Waals surface area contributed by atoms with Gasteiger partial charge < -0.3 is 19.3 Å². The highest BCUT2D eigenvalue weighted by atomic mass is 16.6. The Kier molecular flexibility index (Phi) is 6.97. The first-order valence-corrected chi connectivity index (χ1v) is 13.6. The van der Waals surface area contributed by atoms with Gasteiger partial charge in [0.1, 0.15) is 12.3 Å². The van der Waals surface area contributed by atoms with Gasteiger partial charge in [0.05, 0.1) is 20.6 Å². The van der Waals surface area contributed by atoms with Gasteiger partial charge in [-0.25, -0.2) is 0 Å². The molecule has 1 saturated heterocycles. The number of ether oxygens (including phenoxy) is 2. The zero-order valence-electron chi connectivity index (χ0n) is 23.2. The molecule has 1 aliphatic carbocycles. The van der Waals surface area contributed by atoms with E-state index in [9.17, 15) is 14.4 Å². The number of likely N-dealkylation sites (N-methyl/N-ethyl adjacent to an activating group) is 1. The Hall–Kier alpha value is -3.71. The maximum Gasteiger partial charge on any atom is 0.308 e. The van der Waals surface area contributed by atoms with E-state index in [-0.39, 0.29) is 23.9 Å². The number of benzene rings is 3. The fourth-order valence-corrected chi connectivity index (χ4v) is 6.91. The molecule has 1 amide bonds. The third kappa shape index (κ3) is 5.28. The van der Waals surface area contributed by atoms with Crippen LogP contribution in [0, 0.1) is 0 Å². The van der Waals surface area contributed by atoms with Gasteiger partial charge in [0, 0.05) is 37.3 Å². The molecule has 7 nitrogen and oxygen atoms in total. The Morgan fingerprint density at radius 2 is 1.67 bits per heavy atom. The lowest BCUT2D eigenvalue weighted by atomic mass is 9.54. The molecule has 2 fully saturated rings. The van der Waals surface area contributed by atoms with Crippen molar-refractivity contribution in [2.45, 2.75) is 56.6 Å². The number of fused-ring (bicyclic) bond motifs is 2. The Morgan fingerprint density at radius 1 is 0.897 bits per heavy atom. The van der Waals surface area contributed by atoms with Crippen molar-refractivity contribution >= 4 is 28.6 Å². The number of hydrogen-bond acceptors (Lipinski definition) is 5. The Bertz CT molecular complexity index is 1430. The summed E-state index contributed by atoms with van der Waals surface area (Å²) >= 11 is 0. The van der Waals surface area contributed by atoms with Crippen molar-refractivity contribution in [1.29, 1.82) is 0 Å². The van der Waals surface area contributed by atoms with Crippen LogP contribution in [0.3, 0.4) is 0 Å². The number of carbonyl (C=O) groups is 3. The summed E-state index contributed by atoms with van der Waals surface area (Å²) in [5, 5.41) is 5.41. The average molecular weight is 530 g/mol. The molecule has 7 heteroatoms. The summed E-state index contributed by atoms with van der Waals surface area (Å²) in [4.78, 5) is 37.7. The van der Waals surface area contributed by atoms with Crippen LogP contribution in [0.15, 0.2) is 66.7 Å². The molecule has 1 N–H and O–H groups in total. The molecule has 2 aliphatic rings. The van der Waals surface area contributed by atoms with Crippen LogP contribution in [-0.4, -0.2) is 61.2 Å². The molecule has 0 aromatic heterocycles. The van der Waals surface area contributed by atoms with E-state index in [2.05, 4.69) is 19.4 Å². The topological polar surface area (TPSA) is 81.7 Å². The molecular formula is C32H37N2O5+. The first-order valence-electron chi connectivity index (χ1n) is 13.6. The third-order valence-corrected chi connectivity index (χ3v) is 8.53. The second kappa shape index (κ2) is 10.1. The molecule has 0 bridgehead atoms. The lowest BCUT2D eigenvalue weighted by Crippen LogP contribution is -2.71. The number of likely N-dealkylation sites (tertiary alicyclic amines) is 1. The number of piperidine rings is 1. The molecular weight excluding hydrogens is 492 g/mol. The van der Waals surface area contributed by atoms with Crippen molar-refractivity contribution in [3.8, 4) is 5.75 Å². The van der Waals surface area contributed by atoms with Crippen molar-refractivity contribution in [2.24, 2.45) is 0 Å². The summed E-state index contributed by atoms with van der Waals surface area (Å²) in [5.41, 5.74) is 0.284. The summed E-state index contributed by atoms with van der Waals surface area (Å²) in [6.07, 6.45) is 2.69. The minimum Gasteiger partial charge on any atom is -0.452 e. The summed E-state index contributed by atoms with van der Waals surface area (Å²) in [5.74, 6) is -0.341. The van der Waals surface area contributed by atoms with Crippen LogP contribution in [0.1, 0.15) is 55.5 Å². The highest BCUT2D eigenvalue weighted by Crippen LogP contribution is 2.55. The van der Waals surface area contributed by atoms with Crippen LogP contribution >= 0.6 is 0 Å². The summed E-state index contributed by atoms with van der Waals surface area (Å²) in [6, 6.07) is 21.2. The molecule has 204 valence electrons. The van der Waals surface area contributed by atoms with Gasteiger partial charge in [-0.15, -0.1) is 0 Å². The first-order chi connectivity index (χ1) is 18.5. The summed E-state index contributed by atoms with van der Waals surface area (Å²) in [7, 11) is 4.33. The van der Waals surface area contributed by atoms with Gasteiger partial charge in [-0.2, -0.15) is 0 Å². The molecule has 0 radical (unpaired) electrons. The van der Waals surface area contributed by atoms with E-state index in [0.29, 0.717) is 37.1 Å². The summed E-state index contributed by atoms with van der Waals surface area (Å²) < 4.78 is 12.5. The van der Waals surface area contributed by atoms with E-state index >= 15 is 0 Å². The molecule has 0 spiro atoms. The maximum absolute atomic E-state index is 13.4. The standard InChI is InChI=1S/C32H36N2O5/c1-22(35)38-29-11-7-10-27(19-29)31-16-17-34(3,4)21-32(31,39-23(2)36)15-14-28(20-31)33-30(37)26-13-12-24-8-5-6-9-25(24)18-26/h5-13,18-19,28H,14-17,20-21H2,1-4H3/p+1/t28-,31+,32+/m1/s1. The summed E-state index contributed by atoms with van der Waals surface area (Å²) in [6.45, 7) is 4.40. The fourth-order valence-electron chi connectivity index (χ4n) is 6.91. The van der Waals surface area contributed by atoms with Gasteiger partial charge in [-0.3, -0.25) is 14.4 Å². The normalized spacial score (nSPS) is 25.8. The predicted molar refractivity (Wildman–Crippen MR) is 149 cm³/mol. The predicted octanol–water partition coefficient (Wildman–Crippen LogP) is 4.77. The van der Waals surface area contributed by atoms with Crippen LogP contribution in [0.5, 0.6) is 5.75 Å². The lowest BCUT2D eigenvalue weighted by molar-refractivity contribution is -0.904. The van der Waals surface area contributed by atoms with E-state index in [1.807, 2.05) is 60.7 Å². The van der Waals surface area contributed by atoms with E-state index < -0.39 is 11.0 Å². The van der Waals surface area contributed by atoms with Crippen molar-refractivity contribution in [3.63, 3.8) is 0 Å². The van der Waals surface area contributed by atoms with Crippen LogP contribution in [0.2, 0.25) is 0 Å². The number of esters is 2. The monoisotopic (exact) mass is 529 g/mol. The van der Waals surface area contributed by atoms with Gasteiger partial charge in [0.25, 0.3) is 5.91 Å². The van der Waals surface area contributed by atoms with Crippen molar-refractivity contribution < 1.29 is 28.3 Å². The number of rotatable bonds is 5. The van der Waals surface area contributed by atoms with E-state index in [1.54, 1.807) is 6.07 Å². The molecule has 39 heavy (non-hydrogen) atoms. The molecule has 1 heterocycles. The van der Waals surface area contributed by atoms with Gasteiger partial charge in [-0.1, -0.05) is 42.5 Å². The van der Waals surface area contributed by atoms with Crippen molar-refractivity contribution in [1.82, 2.24) is 5.32 Å². The number of nitrogens with zero attached hydrogens (tertiary/aromatic N) is 1. The molecule has 1 saturated carbocycles. The Labute approximate surface area is 229 Å². The number of carbonyl (C=O) groups excluding carboxylic acids is 3. The SMILES string of the molecule is CC(=O)Oc1cccc([C@@]23CC[N+](C)(C)C[C@@]2(OC(C)=O)CC[C@@H](NC(=O)c2ccc4ccccc4c2)C3)c1. The van der Waals surface area contributed by atoms with Gasteiger partial charge in [0.15, 0.2) is 5.60 Å². The van der Waals surface area contributed by atoms with Gasteiger partial charge in [0.2, 0.25) is 0 Å². The first kappa shape index (κ1) is 26.9. The number of nitrogens with one attached hydrogen (secondary N) is 1. The van der Waals surface area contributed by atoms with E-state index in [0.717, 1.165) is 33.8 Å². The molecule has 3 aromatic rings. The molecule has 3 aromatic carbocycles. The molecule has 0 unspecified atom stereocenters. The second-order valence-corrected chi connectivity index (χ2v) is 11.8. The van der Waals surface area contributed by atoms with Crippen LogP contribution < -0.4 is 10.1 Å².